The number of aryl methyl sites for hydroxylation is 1. The third-order valence-corrected chi connectivity index (χ3v) is 6.47. The van der Waals surface area contributed by atoms with Crippen LogP contribution in [0.2, 0.25) is 0 Å². The molecule has 0 atom stereocenters. The van der Waals surface area contributed by atoms with Crippen molar-refractivity contribution in [2.24, 2.45) is 5.92 Å². The quantitative estimate of drug-likeness (QED) is 0.301. The van der Waals surface area contributed by atoms with Crippen LogP contribution in [-0.2, 0) is 18.7 Å². The fraction of sp³-hybridized carbons (Fsp3) is 0.233. The van der Waals surface area contributed by atoms with Gasteiger partial charge in [0.1, 0.15) is 0 Å². The largest absolute Gasteiger partial charge is 0.373 e. The minimum Gasteiger partial charge on any atom is -0.373 e. The zero-order valence-electron chi connectivity index (χ0n) is 21.3. The molecular weight excluding hydrogens is 462 g/mol. The topological polar surface area (TPSA) is 85.0 Å². The lowest BCUT2D eigenvalue weighted by Gasteiger charge is -2.29. The zero-order chi connectivity index (χ0) is 26.0. The van der Waals surface area contributed by atoms with Gasteiger partial charge in [0, 0.05) is 30.9 Å². The van der Waals surface area contributed by atoms with Gasteiger partial charge in [0.05, 0.1) is 11.0 Å². The van der Waals surface area contributed by atoms with Crippen LogP contribution in [0.4, 0.5) is 5.82 Å². The van der Waals surface area contributed by atoms with Gasteiger partial charge in [-0.2, -0.15) is 5.10 Å². The van der Waals surface area contributed by atoms with E-state index in [1.54, 1.807) is 12.1 Å². The number of amides is 1. The Bertz CT molecular complexity index is 1480. The predicted molar refractivity (Wildman–Crippen MR) is 145 cm³/mol. The van der Waals surface area contributed by atoms with E-state index in [1.165, 1.54) is 0 Å². The highest BCUT2D eigenvalue weighted by atomic mass is 16.3. The standard InChI is InChI=1S/C30H31N5O2/c1-4-35-26-19-22(28(36)32-27-17-18-34(33-27)20-21(2)3)15-16-25(26)31-29(35)30(37,23-11-7-5-8-12-23)24-13-9-6-10-14-24/h5-19,21,37H,4,20H2,1-3H3,(H,32,33,36). The summed E-state index contributed by atoms with van der Waals surface area (Å²) in [5.74, 6) is 1.23. The molecule has 7 heteroatoms. The third-order valence-electron chi connectivity index (χ3n) is 6.47. The number of aliphatic hydroxyl groups is 1. The van der Waals surface area contributed by atoms with Crippen LogP contribution in [-0.4, -0.2) is 30.3 Å². The number of hydrogen-bond acceptors (Lipinski definition) is 4. The highest BCUT2D eigenvalue weighted by Gasteiger charge is 2.38. The number of aromatic nitrogens is 4. The summed E-state index contributed by atoms with van der Waals surface area (Å²) in [6.07, 6.45) is 1.87. The predicted octanol–water partition coefficient (Wildman–Crippen LogP) is 5.45. The summed E-state index contributed by atoms with van der Waals surface area (Å²) in [5.41, 5.74) is 1.96. The second-order valence-corrected chi connectivity index (χ2v) is 9.60. The van der Waals surface area contributed by atoms with Gasteiger partial charge in [-0.05, 0) is 42.2 Å². The van der Waals surface area contributed by atoms with E-state index in [9.17, 15) is 9.90 Å². The summed E-state index contributed by atoms with van der Waals surface area (Å²) in [6, 6.07) is 26.3. The number of hydrogen-bond donors (Lipinski definition) is 2. The minimum absolute atomic E-state index is 0.247. The molecule has 0 saturated heterocycles. The molecule has 5 rings (SSSR count). The van der Waals surface area contributed by atoms with E-state index >= 15 is 0 Å². The highest BCUT2D eigenvalue weighted by molar-refractivity contribution is 6.05. The van der Waals surface area contributed by atoms with Crippen molar-refractivity contribution >= 4 is 22.8 Å². The van der Waals surface area contributed by atoms with Crippen LogP contribution < -0.4 is 5.32 Å². The number of imidazole rings is 1. The molecule has 2 heterocycles. The molecule has 0 bridgehead atoms. The molecule has 1 amide bonds. The lowest BCUT2D eigenvalue weighted by atomic mass is 9.85. The van der Waals surface area contributed by atoms with E-state index < -0.39 is 5.60 Å². The van der Waals surface area contributed by atoms with Gasteiger partial charge in [-0.3, -0.25) is 9.48 Å². The van der Waals surface area contributed by atoms with E-state index in [0.29, 0.717) is 35.2 Å². The zero-order valence-corrected chi connectivity index (χ0v) is 21.3. The molecule has 37 heavy (non-hydrogen) atoms. The summed E-state index contributed by atoms with van der Waals surface area (Å²) in [4.78, 5) is 18.0. The maximum Gasteiger partial charge on any atom is 0.256 e. The Morgan fingerprint density at radius 1 is 0.973 bits per heavy atom. The van der Waals surface area contributed by atoms with Crippen LogP contribution >= 0.6 is 0 Å². The van der Waals surface area contributed by atoms with Crippen molar-refractivity contribution in [1.29, 1.82) is 0 Å². The molecule has 0 fully saturated rings. The molecule has 7 nitrogen and oxygen atoms in total. The number of nitrogens with one attached hydrogen (secondary N) is 1. The van der Waals surface area contributed by atoms with E-state index in [0.717, 1.165) is 23.2 Å². The van der Waals surface area contributed by atoms with E-state index in [1.807, 2.05) is 95.2 Å². The fourth-order valence-electron chi connectivity index (χ4n) is 4.74. The molecule has 0 aliphatic heterocycles. The van der Waals surface area contributed by atoms with Gasteiger partial charge in [0.15, 0.2) is 17.2 Å². The number of fused-ring (bicyclic) bond motifs is 1. The van der Waals surface area contributed by atoms with Gasteiger partial charge in [-0.15, -0.1) is 0 Å². The molecule has 0 radical (unpaired) electrons. The third kappa shape index (κ3) is 4.66. The lowest BCUT2D eigenvalue weighted by molar-refractivity contribution is 0.102. The number of rotatable bonds is 8. The van der Waals surface area contributed by atoms with E-state index in [4.69, 9.17) is 4.98 Å². The van der Waals surface area contributed by atoms with Crippen LogP contribution in [0.5, 0.6) is 0 Å². The van der Waals surface area contributed by atoms with Crippen molar-refractivity contribution in [2.45, 2.75) is 39.5 Å². The minimum atomic E-state index is -1.47. The highest BCUT2D eigenvalue weighted by Crippen LogP contribution is 2.37. The number of carbonyl (C=O) groups excluding carboxylic acids is 1. The number of carbonyl (C=O) groups is 1. The van der Waals surface area contributed by atoms with Gasteiger partial charge in [-0.25, -0.2) is 4.98 Å². The van der Waals surface area contributed by atoms with E-state index in [-0.39, 0.29) is 5.91 Å². The summed E-state index contributed by atoms with van der Waals surface area (Å²) in [6.45, 7) is 7.60. The molecule has 5 aromatic rings. The Morgan fingerprint density at radius 3 is 2.22 bits per heavy atom. The Balaban J connectivity index is 1.56. The Kier molecular flexibility index (Phi) is 6.63. The molecular formula is C30H31N5O2. The molecule has 2 aromatic heterocycles. The first-order chi connectivity index (χ1) is 17.9. The van der Waals surface area contributed by atoms with Crippen molar-refractivity contribution in [3.63, 3.8) is 0 Å². The maximum absolute atomic E-state index is 13.1. The normalized spacial score (nSPS) is 11.8. The Hall–Kier alpha value is -4.23. The van der Waals surface area contributed by atoms with Crippen LogP contribution in [0, 0.1) is 5.92 Å². The second-order valence-electron chi connectivity index (χ2n) is 9.60. The molecule has 0 spiro atoms. The van der Waals surface area contributed by atoms with Crippen molar-refractivity contribution < 1.29 is 9.90 Å². The average molecular weight is 494 g/mol. The summed E-state index contributed by atoms with van der Waals surface area (Å²) in [7, 11) is 0. The first-order valence-corrected chi connectivity index (χ1v) is 12.6. The Labute approximate surface area is 216 Å². The molecule has 2 N–H and O–H groups in total. The number of benzene rings is 3. The molecule has 3 aromatic carbocycles. The van der Waals surface area contributed by atoms with Gasteiger partial charge < -0.3 is 15.0 Å². The van der Waals surface area contributed by atoms with Crippen LogP contribution in [0.15, 0.2) is 91.1 Å². The number of nitrogens with zero attached hydrogens (tertiary/aromatic N) is 4. The van der Waals surface area contributed by atoms with Crippen LogP contribution in [0.3, 0.4) is 0 Å². The number of anilines is 1. The van der Waals surface area contributed by atoms with Gasteiger partial charge >= 0.3 is 0 Å². The summed E-state index contributed by atoms with van der Waals surface area (Å²) >= 11 is 0. The monoisotopic (exact) mass is 493 g/mol. The Morgan fingerprint density at radius 2 is 1.62 bits per heavy atom. The summed E-state index contributed by atoms with van der Waals surface area (Å²) in [5, 5.41) is 19.6. The van der Waals surface area contributed by atoms with Crippen LogP contribution in [0.1, 0.15) is 48.1 Å². The molecule has 0 saturated carbocycles. The van der Waals surface area contributed by atoms with Gasteiger partial charge in [-0.1, -0.05) is 74.5 Å². The van der Waals surface area contributed by atoms with Gasteiger partial charge in [0.2, 0.25) is 0 Å². The molecule has 0 unspecified atom stereocenters. The van der Waals surface area contributed by atoms with Crippen molar-refractivity contribution in [2.75, 3.05) is 5.32 Å². The van der Waals surface area contributed by atoms with Crippen molar-refractivity contribution in [1.82, 2.24) is 19.3 Å². The SMILES string of the molecule is CCn1c(C(O)(c2ccccc2)c2ccccc2)nc2ccc(C(=O)Nc3ccn(CC(C)C)n3)cc21. The molecule has 0 aliphatic rings. The average Bonchev–Trinajstić information content (AvgIpc) is 3.52. The maximum atomic E-state index is 13.1. The van der Waals surface area contributed by atoms with Crippen LogP contribution in [0.25, 0.3) is 11.0 Å². The van der Waals surface area contributed by atoms with Gasteiger partial charge in [0.25, 0.3) is 5.91 Å². The first-order valence-electron chi connectivity index (χ1n) is 12.6. The van der Waals surface area contributed by atoms with Crippen molar-refractivity contribution in [3.8, 4) is 0 Å². The summed E-state index contributed by atoms with van der Waals surface area (Å²) < 4.78 is 3.80. The van der Waals surface area contributed by atoms with E-state index in [2.05, 4.69) is 24.3 Å². The molecule has 188 valence electrons. The molecule has 0 aliphatic carbocycles. The van der Waals surface area contributed by atoms with Crippen molar-refractivity contribution in [3.05, 3.63) is 114 Å². The lowest BCUT2D eigenvalue weighted by Crippen LogP contribution is -2.32. The smallest absolute Gasteiger partial charge is 0.256 e. The second kappa shape index (κ2) is 10.0. The first kappa shape index (κ1) is 24.5. The fourth-order valence-corrected chi connectivity index (χ4v) is 4.74.